The average Bonchev–Trinajstić information content (AvgIpc) is 2.89. The zero-order chi connectivity index (χ0) is 12.4. The molecule has 1 saturated heterocycles. The Balaban J connectivity index is 2.22. The maximum Gasteiger partial charge on any atom is 0.0931 e. The van der Waals surface area contributed by atoms with Gasteiger partial charge in [-0.1, -0.05) is 18.5 Å². The molecule has 2 heterocycles. The van der Waals surface area contributed by atoms with Gasteiger partial charge in [-0.3, -0.25) is 4.90 Å². The van der Waals surface area contributed by atoms with Crippen LogP contribution in [0.2, 0.25) is 4.34 Å². The lowest BCUT2D eigenvalue weighted by Gasteiger charge is -2.34. The molecule has 0 aromatic carbocycles. The topological polar surface area (TPSA) is 29.3 Å². The summed E-state index contributed by atoms with van der Waals surface area (Å²) >= 11 is 7.70. The lowest BCUT2D eigenvalue weighted by Crippen LogP contribution is -2.40. The van der Waals surface area contributed by atoms with Gasteiger partial charge in [0.15, 0.2) is 0 Å². The number of nitrogens with two attached hydrogens (primary N) is 1. The van der Waals surface area contributed by atoms with Gasteiger partial charge < -0.3 is 5.73 Å². The lowest BCUT2D eigenvalue weighted by atomic mass is 10.1. The highest BCUT2D eigenvalue weighted by Crippen LogP contribution is 2.37. The first kappa shape index (κ1) is 13.3. The fourth-order valence-corrected chi connectivity index (χ4v) is 4.14. The third kappa shape index (κ3) is 2.68. The molecule has 1 aromatic rings. The van der Waals surface area contributed by atoms with Crippen LogP contribution in [0.5, 0.6) is 0 Å². The summed E-state index contributed by atoms with van der Waals surface area (Å²) in [6, 6.07) is 5.76. The van der Waals surface area contributed by atoms with E-state index in [1.807, 2.05) is 6.07 Å². The van der Waals surface area contributed by atoms with E-state index in [4.69, 9.17) is 17.3 Å². The van der Waals surface area contributed by atoms with E-state index in [1.54, 1.807) is 11.3 Å². The van der Waals surface area contributed by atoms with Crippen LogP contribution in [0.15, 0.2) is 12.1 Å². The zero-order valence-corrected chi connectivity index (χ0v) is 12.1. The van der Waals surface area contributed by atoms with Crippen molar-refractivity contribution < 1.29 is 0 Å². The monoisotopic (exact) mass is 272 g/mol. The maximum atomic E-state index is 6.03. The van der Waals surface area contributed by atoms with Gasteiger partial charge in [0.25, 0.3) is 0 Å². The minimum Gasteiger partial charge on any atom is -0.329 e. The van der Waals surface area contributed by atoms with Crippen molar-refractivity contribution >= 4 is 22.9 Å². The maximum absolute atomic E-state index is 6.03. The van der Waals surface area contributed by atoms with Crippen molar-refractivity contribution in [1.29, 1.82) is 0 Å². The van der Waals surface area contributed by atoms with Crippen molar-refractivity contribution in [2.24, 2.45) is 5.73 Å². The van der Waals surface area contributed by atoms with Crippen LogP contribution in [0, 0.1) is 0 Å². The van der Waals surface area contributed by atoms with E-state index in [2.05, 4.69) is 24.8 Å². The van der Waals surface area contributed by atoms with Crippen molar-refractivity contribution in [3.05, 3.63) is 21.3 Å². The zero-order valence-electron chi connectivity index (χ0n) is 10.5. The van der Waals surface area contributed by atoms with Gasteiger partial charge in [-0.15, -0.1) is 11.3 Å². The van der Waals surface area contributed by atoms with Gasteiger partial charge in [0.05, 0.1) is 10.4 Å². The van der Waals surface area contributed by atoms with E-state index < -0.39 is 0 Å². The molecule has 3 unspecified atom stereocenters. The van der Waals surface area contributed by atoms with Gasteiger partial charge in [0.1, 0.15) is 0 Å². The van der Waals surface area contributed by atoms with E-state index in [1.165, 1.54) is 24.1 Å². The molecule has 0 aliphatic carbocycles. The van der Waals surface area contributed by atoms with Gasteiger partial charge in [-0.2, -0.15) is 0 Å². The largest absolute Gasteiger partial charge is 0.329 e. The Labute approximate surface area is 113 Å². The van der Waals surface area contributed by atoms with Crippen LogP contribution in [0.25, 0.3) is 0 Å². The fraction of sp³-hybridized carbons (Fsp3) is 0.692. The number of likely N-dealkylation sites (tertiary alicyclic amines) is 1. The molecule has 1 aromatic heterocycles. The highest BCUT2D eigenvalue weighted by Gasteiger charge is 2.35. The molecule has 1 aliphatic rings. The molecule has 1 aliphatic heterocycles. The highest BCUT2D eigenvalue weighted by molar-refractivity contribution is 7.16. The van der Waals surface area contributed by atoms with Gasteiger partial charge in [0.2, 0.25) is 0 Å². The summed E-state index contributed by atoms with van der Waals surface area (Å²) in [6.45, 7) is 5.26. The third-order valence-corrected chi connectivity index (χ3v) is 5.16. The quantitative estimate of drug-likeness (QED) is 0.906. The average molecular weight is 273 g/mol. The van der Waals surface area contributed by atoms with E-state index in [-0.39, 0.29) is 0 Å². The third-order valence-electron chi connectivity index (χ3n) is 3.83. The second-order valence-corrected chi connectivity index (χ2v) is 6.58. The SMILES string of the molecule is CCC1CCC(C)N1C(CN)c1ccc(Cl)s1. The van der Waals surface area contributed by atoms with Gasteiger partial charge in [-0.05, 0) is 38.3 Å². The minimum atomic E-state index is 0.343. The van der Waals surface area contributed by atoms with E-state index >= 15 is 0 Å². The van der Waals surface area contributed by atoms with Crippen LogP contribution in [0.3, 0.4) is 0 Å². The van der Waals surface area contributed by atoms with Crippen LogP contribution in [-0.4, -0.2) is 23.5 Å². The molecular weight excluding hydrogens is 252 g/mol. The first-order valence-corrected chi connectivity index (χ1v) is 7.59. The Morgan fingerprint density at radius 2 is 2.29 bits per heavy atom. The molecule has 2 N–H and O–H groups in total. The van der Waals surface area contributed by atoms with Gasteiger partial charge in [-0.25, -0.2) is 0 Å². The van der Waals surface area contributed by atoms with Gasteiger partial charge in [0, 0.05) is 23.5 Å². The molecule has 0 spiro atoms. The normalized spacial score (nSPS) is 27.5. The summed E-state index contributed by atoms with van der Waals surface area (Å²) in [5.74, 6) is 0. The summed E-state index contributed by atoms with van der Waals surface area (Å²) in [6.07, 6.45) is 3.79. The van der Waals surface area contributed by atoms with E-state index in [0.717, 1.165) is 4.34 Å². The molecule has 4 heteroatoms. The fourth-order valence-electron chi connectivity index (χ4n) is 2.96. The second kappa shape index (κ2) is 5.70. The summed E-state index contributed by atoms with van der Waals surface area (Å²) in [5, 5.41) is 0. The standard InChI is InChI=1S/C13H21ClN2S/c1-3-10-5-4-9(2)16(10)11(8-15)12-6-7-13(14)17-12/h6-7,9-11H,3-5,8,15H2,1-2H3. The van der Waals surface area contributed by atoms with Crippen LogP contribution in [-0.2, 0) is 0 Å². The molecular formula is C13H21ClN2S. The van der Waals surface area contributed by atoms with Crippen LogP contribution in [0.1, 0.15) is 44.0 Å². The predicted octanol–water partition coefficient (Wildman–Crippen LogP) is 3.66. The molecule has 1 fully saturated rings. The van der Waals surface area contributed by atoms with E-state index in [0.29, 0.717) is 24.7 Å². The van der Waals surface area contributed by atoms with Crippen LogP contribution >= 0.6 is 22.9 Å². The summed E-state index contributed by atoms with van der Waals surface area (Å²) < 4.78 is 0.860. The molecule has 0 amide bonds. The van der Waals surface area contributed by atoms with Crippen molar-refractivity contribution in [1.82, 2.24) is 4.90 Å². The summed E-state index contributed by atoms with van der Waals surface area (Å²) in [4.78, 5) is 3.91. The summed E-state index contributed by atoms with van der Waals surface area (Å²) in [7, 11) is 0. The number of nitrogens with zero attached hydrogens (tertiary/aromatic N) is 1. The Bertz CT molecular complexity index is 366. The van der Waals surface area contributed by atoms with Crippen molar-refractivity contribution in [2.45, 2.75) is 51.2 Å². The van der Waals surface area contributed by atoms with E-state index in [9.17, 15) is 0 Å². The Kier molecular flexibility index (Phi) is 4.47. The van der Waals surface area contributed by atoms with Crippen molar-refractivity contribution in [3.8, 4) is 0 Å². The molecule has 17 heavy (non-hydrogen) atoms. The molecule has 2 rings (SSSR count). The van der Waals surface area contributed by atoms with Crippen LogP contribution in [0.4, 0.5) is 0 Å². The van der Waals surface area contributed by atoms with Crippen molar-refractivity contribution in [3.63, 3.8) is 0 Å². The Morgan fingerprint density at radius 1 is 1.53 bits per heavy atom. The van der Waals surface area contributed by atoms with Crippen LogP contribution < -0.4 is 5.73 Å². The first-order valence-electron chi connectivity index (χ1n) is 6.40. The van der Waals surface area contributed by atoms with Gasteiger partial charge >= 0.3 is 0 Å². The molecule has 3 atom stereocenters. The molecule has 2 nitrogen and oxygen atoms in total. The van der Waals surface area contributed by atoms with Crippen molar-refractivity contribution in [2.75, 3.05) is 6.54 Å². The molecule has 96 valence electrons. The smallest absolute Gasteiger partial charge is 0.0931 e. The molecule has 0 bridgehead atoms. The lowest BCUT2D eigenvalue weighted by molar-refractivity contribution is 0.139. The Hall–Kier alpha value is -0.0900. The highest BCUT2D eigenvalue weighted by atomic mass is 35.5. The Morgan fingerprint density at radius 3 is 2.82 bits per heavy atom. The number of halogens is 1. The number of thiophene rings is 1. The molecule has 0 radical (unpaired) electrons. The number of hydrogen-bond donors (Lipinski definition) is 1. The molecule has 0 saturated carbocycles. The number of hydrogen-bond acceptors (Lipinski definition) is 3. The number of rotatable bonds is 4. The predicted molar refractivity (Wildman–Crippen MR) is 75.7 cm³/mol. The second-order valence-electron chi connectivity index (χ2n) is 4.83. The minimum absolute atomic E-state index is 0.343. The summed E-state index contributed by atoms with van der Waals surface area (Å²) in [5.41, 5.74) is 5.99. The first-order chi connectivity index (χ1) is 8.17.